The van der Waals surface area contributed by atoms with E-state index < -0.39 is 0 Å². The number of rotatable bonds is 12. The van der Waals surface area contributed by atoms with Gasteiger partial charge in [-0.1, -0.05) is 12.8 Å². The van der Waals surface area contributed by atoms with E-state index in [0.29, 0.717) is 34.5 Å². The maximum absolute atomic E-state index is 5.51. The Kier molecular flexibility index (Phi) is 9.79. The van der Waals surface area contributed by atoms with E-state index in [0.717, 1.165) is 46.7 Å². The highest BCUT2D eigenvalue weighted by Crippen LogP contribution is 2.42. The summed E-state index contributed by atoms with van der Waals surface area (Å²) >= 11 is 0. The van der Waals surface area contributed by atoms with Gasteiger partial charge in [-0.25, -0.2) is 0 Å². The van der Waals surface area contributed by atoms with Gasteiger partial charge in [0, 0.05) is 23.2 Å². The molecule has 2 atom stereocenters. The molecule has 1 aliphatic rings. The minimum Gasteiger partial charge on any atom is -0.493 e. The van der Waals surface area contributed by atoms with Crippen molar-refractivity contribution in [3.05, 3.63) is 60.9 Å². The van der Waals surface area contributed by atoms with Crippen LogP contribution in [0.15, 0.2) is 60.9 Å². The number of benzene rings is 2. The molecule has 1 aliphatic carbocycles. The summed E-state index contributed by atoms with van der Waals surface area (Å²) in [6.45, 7) is 0. The molecular weight excluding hydrogens is 560 g/mol. The van der Waals surface area contributed by atoms with Crippen LogP contribution in [0, 0.1) is 0 Å². The van der Waals surface area contributed by atoms with Crippen LogP contribution >= 0.6 is 0 Å². The monoisotopic (exact) mass is 600 g/mol. The molecule has 10 heteroatoms. The molecule has 2 aromatic carbocycles. The van der Waals surface area contributed by atoms with Crippen LogP contribution < -0.4 is 39.1 Å². The summed E-state index contributed by atoms with van der Waals surface area (Å²) in [5.41, 5.74) is 5.32. The molecule has 0 spiro atoms. The molecule has 2 heterocycles. The van der Waals surface area contributed by atoms with E-state index >= 15 is 0 Å². The van der Waals surface area contributed by atoms with Gasteiger partial charge in [-0.3, -0.25) is 9.97 Å². The van der Waals surface area contributed by atoms with Crippen molar-refractivity contribution >= 4 is 11.4 Å². The molecule has 0 radical (unpaired) electrons. The first-order valence-electron chi connectivity index (χ1n) is 14.6. The minimum atomic E-state index is 0.243. The average molecular weight is 601 g/mol. The highest BCUT2D eigenvalue weighted by molar-refractivity contribution is 5.70. The molecule has 0 bridgehead atoms. The number of aromatic nitrogens is 2. The predicted octanol–water partition coefficient (Wildman–Crippen LogP) is 6.70. The molecule has 4 aromatic rings. The first-order valence-corrected chi connectivity index (χ1v) is 14.6. The maximum atomic E-state index is 5.51. The first-order chi connectivity index (χ1) is 21.5. The van der Waals surface area contributed by atoms with E-state index in [-0.39, 0.29) is 12.1 Å². The molecule has 2 N–H and O–H groups in total. The Bertz CT molecular complexity index is 1380. The lowest BCUT2D eigenvalue weighted by atomic mass is 9.90. The SMILES string of the molecule is COc1cc(-c2ccc(NC3CCCCC3Nc3ccc(-c4cc(OC)c(OC)c(OC)c4)nc3)cn2)cc(OC)c1OC. The van der Waals surface area contributed by atoms with Gasteiger partial charge in [0.2, 0.25) is 11.5 Å². The van der Waals surface area contributed by atoms with Gasteiger partial charge < -0.3 is 39.1 Å². The second-order valence-electron chi connectivity index (χ2n) is 10.5. The van der Waals surface area contributed by atoms with Crippen LogP contribution in [-0.2, 0) is 0 Å². The smallest absolute Gasteiger partial charge is 0.203 e. The summed E-state index contributed by atoms with van der Waals surface area (Å²) in [6.07, 6.45) is 8.21. The van der Waals surface area contributed by atoms with E-state index in [1.54, 1.807) is 42.7 Å². The second kappa shape index (κ2) is 14.1. The third-order valence-electron chi connectivity index (χ3n) is 7.92. The standard InChI is InChI=1S/C34H40N4O6/c1-39-29-15-21(16-30(40-2)33(29)43-5)25-13-11-23(19-35-25)37-27-9-7-8-10-28(27)38-24-12-14-26(36-20-24)22-17-31(41-3)34(44-6)32(18-22)42-4/h11-20,27-28,37-38H,7-10H2,1-6H3. The van der Waals surface area contributed by atoms with Crippen molar-refractivity contribution in [1.29, 1.82) is 0 Å². The fourth-order valence-corrected chi connectivity index (χ4v) is 5.66. The molecule has 0 aliphatic heterocycles. The van der Waals surface area contributed by atoms with Crippen molar-refractivity contribution in [2.75, 3.05) is 53.3 Å². The third-order valence-corrected chi connectivity index (χ3v) is 7.92. The topological polar surface area (TPSA) is 105 Å². The largest absolute Gasteiger partial charge is 0.493 e. The van der Waals surface area contributed by atoms with Crippen LogP contribution in [0.4, 0.5) is 11.4 Å². The fourth-order valence-electron chi connectivity index (χ4n) is 5.66. The molecule has 2 unspecified atom stereocenters. The summed E-state index contributed by atoms with van der Waals surface area (Å²) in [6, 6.07) is 16.2. The lowest BCUT2D eigenvalue weighted by Crippen LogP contribution is -2.41. The lowest BCUT2D eigenvalue weighted by Gasteiger charge is -2.34. The number of nitrogens with zero attached hydrogens (tertiary/aromatic N) is 2. The van der Waals surface area contributed by atoms with Crippen molar-refractivity contribution < 1.29 is 28.4 Å². The van der Waals surface area contributed by atoms with Gasteiger partial charge in [0.25, 0.3) is 0 Å². The van der Waals surface area contributed by atoms with Gasteiger partial charge in [0.15, 0.2) is 23.0 Å². The van der Waals surface area contributed by atoms with Crippen molar-refractivity contribution in [3.8, 4) is 57.0 Å². The van der Waals surface area contributed by atoms with Crippen LogP contribution in [0.2, 0.25) is 0 Å². The van der Waals surface area contributed by atoms with E-state index in [1.165, 1.54) is 12.8 Å². The van der Waals surface area contributed by atoms with Gasteiger partial charge in [-0.15, -0.1) is 0 Å². The summed E-state index contributed by atoms with van der Waals surface area (Å²) in [5.74, 6) is 3.47. The van der Waals surface area contributed by atoms with Crippen LogP contribution in [0.5, 0.6) is 34.5 Å². The predicted molar refractivity (Wildman–Crippen MR) is 172 cm³/mol. The number of anilines is 2. The maximum Gasteiger partial charge on any atom is 0.203 e. The summed E-state index contributed by atoms with van der Waals surface area (Å²) in [7, 11) is 9.62. The Balaban J connectivity index is 1.28. The number of pyridine rings is 2. The van der Waals surface area contributed by atoms with Gasteiger partial charge in [0.1, 0.15) is 0 Å². The Hall–Kier alpha value is -4.86. The molecule has 1 fully saturated rings. The van der Waals surface area contributed by atoms with E-state index in [4.69, 9.17) is 38.4 Å². The molecular formula is C34H40N4O6. The first kappa shape index (κ1) is 30.6. The zero-order valence-corrected chi connectivity index (χ0v) is 26.1. The van der Waals surface area contributed by atoms with Crippen molar-refractivity contribution in [1.82, 2.24) is 9.97 Å². The number of ether oxygens (including phenoxy) is 6. The summed E-state index contributed by atoms with van der Waals surface area (Å²) in [5, 5.41) is 7.42. The van der Waals surface area contributed by atoms with Crippen molar-refractivity contribution in [2.45, 2.75) is 37.8 Å². The zero-order valence-electron chi connectivity index (χ0n) is 26.1. The lowest BCUT2D eigenvalue weighted by molar-refractivity contribution is 0.324. The van der Waals surface area contributed by atoms with Gasteiger partial charge >= 0.3 is 0 Å². The number of nitrogens with one attached hydrogen (secondary N) is 2. The van der Waals surface area contributed by atoms with Gasteiger partial charge in [0.05, 0.1) is 77.8 Å². The molecule has 5 rings (SSSR count). The van der Waals surface area contributed by atoms with Crippen LogP contribution in [0.25, 0.3) is 22.5 Å². The highest BCUT2D eigenvalue weighted by Gasteiger charge is 2.25. The van der Waals surface area contributed by atoms with Crippen molar-refractivity contribution in [3.63, 3.8) is 0 Å². The van der Waals surface area contributed by atoms with E-state index in [1.807, 2.05) is 48.8 Å². The van der Waals surface area contributed by atoms with E-state index in [2.05, 4.69) is 22.8 Å². The van der Waals surface area contributed by atoms with E-state index in [9.17, 15) is 0 Å². The Morgan fingerprint density at radius 1 is 0.523 bits per heavy atom. The van der Waals surface area contributed by atoms with Crippen LogP contribution in [0.1, 0.15) is 25.7 Å². The third kappa shape index (κ3) is 6.54. The minimum absolute atomic E-state index is 0.243. The molecule has 44 heavy (non-hydrogen) atoms. The number of hydrogen-bond acceptors (Lipinski definition) is 10. The van der Waals surface area contributed by atoms with Crippen molar-refractivity contribution in [2.24, 2.45) is 0 Å². The van der Waals surface area contributed by atoms with Crippen LogP contribution in [0.3, 0.4) is 0 Å². The Morgan fingerprint density at radius 3 is 1.16 bits per heavy atom. The van der Waals surface area contributed by atoms with Crippen LogP contribution in [-0.4, -0.2) is 64.7 Å². The number of hydrogen-bond donors (Lipinski definition) is 2. The Labute approximate surface area is 258 Å². The normalized spacial score (nSPS) is 16.0. The van der Waals surface area contributed by atoms with Gasteiger partial charge in [-0.05, 0) is 61.4 Å². The summed E-state index contributed by atoms with van der Waals surface area (Å²) < 4.78 is 32.9. The quantitative estimate of drug-likeness (QED) is 0.183. The molecule has 232 valence electrons. The number of methoxy groups -OCH3 is 6. The Morgan fingerprint density at radius 2 is 0.886 bits per heavy atom. The zero-order chi connectivity index (χ0) is 31.1. The van der Waals surface area contributed by atoms with Gasteiger partial charge in [-0.2, -0.15) is 0 Å². The molecule has 10 nitrogen and oxygen atoms in total. The second-order valence-corrected chi connectivity index (χ2v) is 10.5. The molecule has 2 aromatic heterocycles. The fraction of sp³-hybridized carbons (Fsp3) is 0.353. The molecule has 1 saturated carbocycles. The molecule has 0 amide bonds. The molecule has 0 saturated heterocycles. The summed E-state index contributed by atoms with van der Waals surface area (Å²) in [4.78, 5) is 9.47. The average Bonchev–Trinajstić information content (AvgIpc) is 3.08. The highest BCUT2D eigenvalue weighted by atomic mass is 16.5.